The molecule has 0 rings (SSSR count). The van der Waals surface area contributed by atoms with Gasteiger partial charge in [-0.1, -0.05) is 71.1 Å². The summed E-state index contributed by atoms with van der Waals surface area (Å²) in [6.45, 7) is 7.04. The number of hydrogen-bond acceptors (Lipinski definition) is 1. The molecule has 0 heterocycles. The van der Waals surface area contributed by atoms with Crippen LogP contribution in [0, 0.1) is 5.21 Å². The van der Waals surface area contributed by atoms with E-state index < -0.39 is 0 Å². The Morgan fingerprint density at radius 2 is 1.16 bits per heavy atom. The summed E-state index contributed by atoms with van der Waals surface area (Å²) in [7, 11) is 0. The van der Waals surface area contributed by atoms with E-state index in [1.54, 1.807) is 0 Å². The zero-order valence-electron chi connectivity index (χ0n) is 13.7. The number of rotatable bonds is 14. The standard InChI is InChI=1S/C17H37NO/c1-4-6-7-8-9-10-11-12-13-14-15-16-17(3)18(19)5-2/h17-18H,4-16H2,1-3H3. The van der Waals surface area contributed by atoms with Gasteiger partial charge in [0.15, 0.2) is 0 Å². The average molecular weight is 271 g/mol. The van der Waals surface area contributed by atoms with Crippen molar-refractivity contribution in [2.75, 3.05) is 6.54 Å². The molecule has 0 aliphatic heterocycles. The van der Waals surface area contributed by atoms with Crippen LogP contribution in [-0.2, 0) is 0 Å². The Morgan fingerprint density at radius 1 is 0.737 bits per heavy atom. The molecule has 0 radical (unpaired) electrons. The molecule has 0 fully saturated rings. The van der Waals surface area contributed by atoms with Crippen molar-refractivity contribution >= 4 is 0 Å². The molecule has 0 aliphatic rings. The van der Waals surface area contributed by atoms with Crippen LogP contribution in [0.4, 0.5) is 0 Å². The van der Waals surface area contributed by atoms with Crippen LogP contribution >= 0.6 is 0 Å². The lowest BCUT2D eigenvalue weighted by atomic mass is 10.0. The van der Waals surface area contributed by atoms with Crippen LogP contribution in [0.2, 0.25) is 0 Å². The van der Waals surface area contributed by atoms with E-state index in [9.17, 15) is 5.21 Å². The van der Waals surface area contributed by atoms with E-state index in [-0.39, 0.29) is 0 Å². The van der Waals surface area contributed by atoms with Gasteiger partial charge in [-0.3, -0.25) is 0 Å². The zero-order valence-corrected chi connectivity index (χ0v) is 13.7. The van der Waals surface area contributed by atoms with Crippen molar-refractivity contribution < 1.29 is 5.06 Å². The molecule has 2 nitrogen and oxygen atoms in total. The SMILES string of the molecule is CCCCCCCCCCCCCC(C)[NH+]([O-])CC. The number of nitrogens with one attached hydrogen (secondary N) is 1. The first-order valence-corrected chi connectivity index (χ1v) is 8.75. The van der Waals surface area contributed by atoms with Crippen molar-refractivity contribution in [3.8, 4) is 0 Å². The van der Waals surface area contributed by atoms with E-state index in [2.05, 4.69) is 13.8 Å². The van der Waals surface area contributed by atoms with Crippen molar-refractivity contribution in [2.24, 2.45) is 0 Å². The van der Waals surface area contributed by atoms with E-state index in [1.165, 1.54) is 70.6 Å². The van der Waals surface area contributed by atoms with Crippen LogP contribution < -0.4 is 5.06 Å². The highest BCUT2D eigenvalue weighted by molar-refractivity contribution is 4.52. The minimum Gasteiger partial charge on any atom is -0.634 e. The van der Waals surface area contributed by atoms with Crippen molar-refractivity contribution in [1.29, 1.82) is 0 Å². The molecular weight excluding hydrogens is 234 g/mol. The summed E-state index contributed by atoms with van der Waals surface area (Å²) in [5.74, 6) is 0. The fraction of sp³-hybridized carbons (Fsp3) is 1.00. The van der Waals surface area contributed by atoms with Gasteiger partial charge in [-0.25, -0.2) is 0 Å². The summed E-state index contributed by atoms with van der Waals surface area (Å²) >= 11 is 0. The highest BCUT2D eigenvalue weighted by atomic mass is 16.5. The number of hydrogen-bond donors (Lipinski definition) is 1. The largest absolute Gasteiger partial charge is 0.634 e. The number of quaternary nitrogens is 1. The molecule has 0 spiro atoms. The Labute approximate surface area is 121 Å². The summed E-state index contributed by atoms with van der Waals surface area (Å²) in [6, 6.07) is 0.295. The third kappa shape index (κ3) is 12.7. The Kier molecular flexibility index (Phi) is 14.3. The fourth-order valence-corrected chi connectivity index (χ4v) is 2.62. The van der Waals surface area contributed by atoms with Gasteiger partial charge in [-0.05, 0) is 26.7 Å². The van der Waals surface area contributed by atoms with Crippen molar-refractivity contribution in [2.45, 2.75) is 104 Å². The van der Waals surface area contributed by atoms with Gasteiger partial charge in [0.2, 0.25) is 0 Å². The highest BCUT2D eigenvalue weighted by Gasteiger charge is 2.06. The normalized spacial score (nSPS) is 14.5. The van der Waals surface area contributed by atoms with E-state index in [1.807, 2.05) is 6.92 Å². The molecule has 0 aromatic carbocycles. The molecule has 0 bridgehead atoms. The summed E-state index contributed by atoms with van der Waals surface area (Å²) in [5, 5.41) is 11.9. The zero-order chi connectivity index (χ0) is 14.3. The van der Waals surface area contributed by atoms with Crippen LogP contribution in [0.5, 0.6) is 0 Å². The van der Waals surface area contributed by atoms with E-state index >= 15 is 0 Å². The summed E-state index contributed by atoms with van der Waals surface area (Å²) < 4.78 is 0. The lowest BCUT2D eigenvalue weighted by molar-refractivity contribution is -0.871. The van der Waals surface area contributed by atoms with Crippen molar-refractivity contribution in [3.05, 3.63) is 5.21 Å². The van der Waals surface area contributed by atoms with Crippen molar-refractivity contribution in [1.82, 2.24) is 0 Å². The minimum absolute atomic E-state index is 0.295. The van der Waals surface area contributed by atoms with Gasteiger partial charge in [-0.2, -0.15) is 0 Å². The summed E-state index contributed by atoms with van der Waals surface area (Å²) in [6.07, 6.45) is 16.3. The Hall–Kier alpha value is -0.0800. The number of hydroxylamine groups is 2. The lowest BCUT2D eigenvalue weighted by Gasteiger charge is -2.27. The topological polar surface area (TPSA) is 27.5 Å². The van der Waals surface area contributed by atoms with Crippen LogP contribution in [-0.4, -0.2) is 12.6 Å². The summed E-state index contributed by atoms with van der Waals surface area (Å²) in [4.78, 5) is 0. The molecule has 2 heteroatoms. The van der Waals surface area contributed by atoms with Gasteiger partial charge < -0.3 is 10.3 Å². The fourth-order valence-electron chi connectivity index (χ4n) is 2.62. The van der Waals surface area contributed by atoms with Crippen LogP contribution in [0.25, 0.3) is 0 Å². The average Bonchev–Trinajstić information content (AvgIpc) is 2.43. The molecular formula is C17H37NO. The molecule has 0 saturated carbocycles. The van der Waals surface area contributed by atoms with Gasteiger partial charge in [0.25, 0.3) is 0 Å². The van der Waals surface area contributed by atoms with Gasteiger partial charge in [0, 0.05) is 0 Å². The molecule has 0 saturated heterocycles. The molecule has 0 aromatic heterocycles. The second kappa shape index (κ2) is 14.3. The van der Waals surface area contributed by atoms with Crippen LogP contribution in [0.3, 0.4) is 0 Å². The van der Waals surface area contributed by atoms with Gasteiger partial charge in [0.05, 0.1) is 12.6 Å². The quantitative estimate of drug-likeness (QED) is 0.366. The van der Waals surface area contributed by atoms with Crippen molar-refractivity contribution in [3.63, 3.8) is 0 Å². The first-order valence-electron chi connectivity index (χ1n) is 8.75. The second-order valence-corrected chi connectivity index (χ2v) is 6.05. The van der Waals surface area contributed by atoms with Crippen LogP contribution in [0.1, 0.15) is 97.8 Å². The highest BCUT2D eigenvalue weighted by Crippen LogP contribution is 2.12. The molecule has 19 heavy (non-hydrogen) atoms. The smallest absolute Gasteiger partial charge is 0.0843 e. The lowest BCUT2D eigenvalue weighted by Crippen LogP contribution is -3.10. The molecule has 116 valence electrons. The summed E-state index contributed by atoms with van der Waals surface area (Å²) in [5.41, 5.74) is 0. The third-order valence-corrected chi connectivity index (χ3v) is 4.14. The van der Waals surface area contributed by atoms with Gasteiger partial charge in [0.1, 0.15) is 0 Å². The van der Waals surface area contributed by atoms with Gasteiger partial charge >= 0.3 is 0 Å². The number of unbranched alkanes of at least 4 members (excludes halogenated alkanes) is 10. The van der Waals surface area contributed by atoms with E-state index in [4.69, 9.17) is 0 Å². The Morgan fingerprint density at radius 3 is 1.58 bits per heavy atom. The minimum atomic E-state index is 0.295. The molecule has 0 amide bonds. The maximum Gasteiger partial charge on any atom is 0.0843 e. The monoisotopic (exact) mass is 271 g/mol. The molecule has 0 aromatic rings. The molecule has 2 unspecified atom stereocenters. The maximum atomic E-state index is 11.4. The first kappa shape index (κ1) is 18.9. The predicted octanol–water partition coefficient (Wildman–Crippen LogP) is 4.48. The first-order chi connectivity index (χ1) is 9.22. The second-order valence-electron chi connectivity index (χ2n) is 6.05. The molecule has 1 N–H and O–H groups in total. The van der Waals surface area contributed by atoms with E-state index in [0.29, 0.717) is 17.6 Å². The molecule has 2 atom stereocenters. The molecule has 0 aliphatic carbocycles. The predicted molar refractivity (Wildman–Crippen MR) is 85.4 cm³/mol. The van der Waals surface area contributed by atoms with E-state index in [0.717, 1.165) is 6.42 Å². The van der Waals surface area contributed by atoms with Crippen LogP contribution in [0.15, 0.2) is 0 Å². The Balaban J connectivity index is 3.10. The maximum absolute atomic E-state index is 11.4. The third-order valence-electron chi connectivity index (χ3n) is 4.14. The van der Waals surface area contributed by atoms with Gasteiger partial charge in [-0.15, -0.1) is 0 Å². The Bertz CT molecular complexity index is 173.